The Kier molecular flexibility index (Phi) is 6.25. The Morgan fingerprint density at radius 2 is 1.84 bits per heavy atom. The third-order valence-corrected chi connectivity index (χ3v) is 5.51. The predicted octanol–water partition coefficient (Wildman–Crippen LogP) is 6.16. The van der Waals surface area contributed by atoms with Gasteiger partial charge in [-0.05, 0) is 66.0 Å². The molecule has 0 fully saturated rings. The zero-order valence-electron chi connectivity index (χ0n) is 16.4. The van der Waals surface area contributed by atoms with Crippen LogP contribution in [0.2, 0.25) is 5.02 Å². The molecule has 31 heavy (non-hydrogen) atoms. The Morgan fingerprint density at radius 1 is 1.10 bits per heavy atom. The van der Waals surface area contributed by atoms with Crippen molar-refractivity contribution in [3.05, 3.63) is 76.2 Å². The Balaban J connectivity index is 1.67. The first-order chi connectivity index (χ1) is 15.0. The van der Waals surface area contributed by atoms with Gasteiger partial charge in [0, 0.05) is 16.0 Å². The number of hydrogen-bond acceptors (Lipinski definition) is 6. The number of rotatable bonds is 7. The number of carboxylic acid groups (broad SMARTS) is 1. The Bertz CT molecular complexity index is 1270. The summed E-state index contributed by atoms with van der Waals surface area (Å²) in [4.78, 5) is 12.0. The maximum atomic E-state index is 11.9. The fraction of sp³-hybridized carbons (Fsp3) is 0.0870. The van der Waals surface area contributed by atoms with Crippen LogP contribution in [0, 0.1) is 0 Å². The maximum Gasteiger partial charge on any atom is 0.342 e. The zero-order valence-corrected chi connectivity index (χ0v) is 18.0. The quantitative estimate of drug-likeness (QED) is 0.265. The van der Waals surface area contributed by atoms with Crippen molar-refractivity contribution >= 4 is 46.2 Å². The molecule has 1 aromatic heterocycles. The van der Waals surface area contributed by atoms with Gasteiger partial charge in [0.25, 0.3) is 5.22 Å². The lowest BCUT2D eigenvalue weighted by Crippen LogP contribution is -1.97. The van der Waals surface area contributed by atoms with E-state index in [1.807, 2.05) is 43.3 Å². The molecule has 0 aliphatic heterocycles. The molecule has 4 aromatic rings. The number of fused-ring (bicyclic) bond motifs is 1. The first-order valence-corrected chi connectivity index (χ1v) is 10.6. The van der Waals surface area contributed by atoms with Crippen LogP contribution in [0.4, 0.5) is 0 Å². The zero-order chi connectivity index (χ0) is 21.8. The largest absolute Gasteiger partial charge is 0.493 e. The van der Waals surface area contributed by atoms with Crippen molar-refractivity contribution in [2.24, 2.45) is 0 Å². The first-order valence-electron chi connectivity index (χ1n) is 9.42. The van der Waals surface area contributed by atoms with Gasteiger partial charge >= 0.3 is 5.97 Å². The van der Waals surface area contributed by atoms with E-state index < -0.39 is 5.97 Å². The molecule has 156 valence electrons. The molecule has 1 N–H and O–H groups in total. The van der Waals surface area contributed by atoms with Gasteiger partial charge in [-0.2, -0.15) is 0 Å². The average molecular weight is 453 g/mol. The maximum absolute atomic E-state index is 11.9. The molecule has 0 radical (unpaired) electrons. The van der Waals surface area contributed by atoms with Crippen molar-refractivity contribution in [1.29, 1.82) is 0 Å². The van der Waals surface area contributed by atoms with E-state index >= 15 is 0 Å². The summed E-state index contributed by atoms with van der Waals surface area (Å²) in [7, 11) is 0. The highest BCUT2D eigenvalue weighted by atomic mass is 35.5. The number of carboxylic acids is 1. The second-order valence-electron chi connectivity index (χ2n) is 6.43. The Labute approximate surface area is 187 Å². The number of aliphatic carboxylic acids is 1. The number of aromatic nitrogens is 2. The molecule has 0 aliphatic carbocycles. The van der Waals surface area contributed by atoms with Gasteiger partial charge in [-0.15, -0.1) is 10.2 Å². The van der Waals surface area contributed by atoms with Gasteiger partial charge in [0.15, 0.2) is 0 Å². The molecule has 0 bridgehead atoms. The minimum Gasteiger partial charge on any atom is -0.493 e. The molecule has 0 unspecified atom stereocenters. The summed E-state index contributed by atoms with van der Waals surface area (Å²) in [5.74, 6) is -0.0473. The van der Waals surface area contributed by atoms with Crippen LogP contribution in [-0.4, -0.2) is 27.9 Å². The highest BCUT2D eigenvalue weighted by Crippen LogP contribution is 2.34. The van der Waals surface area contributed by atoms with E-state index in [1.54, 1.807) is 30.3 Å². The molecule has 0 aliphatic rings. The van der Waals surface area contributed by atoms with E-state index in [9.17, 15) is 9.90 Å². The van der Waals surface area contributed by atoms with Gasteiger partial charge < -0.3 is 14.3 Å². The minimum absolute atomic E-state index is 0.0561. The SMILES string of the molecule is CCOc1ccc(/C=C(\Sc2nnc(-c3ccc(Cl)cc3)o2)C(=O)O)c2ccccc12. The molecule has 6 nitrogen and oxygen atoms in total. The highest BCUT2D eigenvalue weighted by molar-refractivity contribution is 8.03. The lowest BCUT2D eigenvalue weighted by atomic mass is 10.0. The molecule has 8 heteroatoms. The number of ether oxygens (including phenoxy) is 1. The Morgan fingerprint density at radius 3 is 2.55 bits per heavy atom. The molecule has 3 aromatic carbocycles. The summed E-state index contributed by atoms with van der Waals surface area (Å²) in [5, 5.41) is 20.2. The molecule has 0 saturated heterocycles. The van der Waals surface area contributed by atoms with E-state index in [2.05, 4.69) is 10.2 Å². The number of halogens is 1. The molecule has 0 atom stereocenters. The van der Waals surface area contributed by atoms with Gasteiger partial charge in [-0.3, -0.25) is 0 Å². The fourth-order valence-corrected chi connectivity index (χ4v) is 3.82. The van der Waals surface area contributed by atoms with Crippen molar-refractivity contribution in [1.82, 2.24) is 10.2 Å². The minimum atomic E-state index is -1.09. The standard InChI is InChI=1S/C23H17ClN2O4S/c1-2-29-19-12-9-15(17-5-3-4-6-18(17)19)13-20(22(27)28)31-23-26-25-21(30-23)14-7-10-16(24)11-8-14/h3-13H,2H2,1H3,(H,27,28)/b20-13-. The third kappa shape index (κ3) is 4.73. The summed E-state index contributed by atoms with van der Waals surface area (Å²) in [5.41, 5.74) is 1.45. The van der Waals surface area contributed by atoms with Crippen LogP contribution < -0.4 is 4.74 Å². The summed E-state index contributed by atoms with van der Waals surface area (Å²) >= 11 is 6.80. The molecule has 1 heterocycles. The number of thioether (sulfide) groups is 1. The summed E-state index contributed by atoms with van der Waals surface area (Å²) < 4.78 is 11.3. The van der Waals surface area contributed by atoms with Crippen molar-refractivity contribution in [2.75, 3.05) is 6.61 Å². The topological polar surface area (TPSA) is 85.5 Å². The number of carbonyl (C=O) groups is 1. The number of hydrogen-bond donors (Lipinski definition) is 1. The number of benzene rings is 3. The summed E-state index contributed by atoms with van der Waals surface area (Å²) in [6.45, 7) is 2.47. The van der Waals surface area contributed by atoms with Gasteiger partial charge in [-0.25, -0.2) is 4.79 Å². The normalized spacial score (nSPS) is 11.6. The van der Waals surface area contributed by atoms with E-state index in [4.69, 9.17) is 20.8 Å². The second-order valence-corrected chi connectivity index (χ2v) is 7.86. The molecule has 0 spiro atoms. The van der Waals surface area contributed by atoms with E-state index in [0.29, 0.717) is 17.2 Å². The van der Waals surface area contributed by atoms with Crippen LogP contribution in [-0.2, 0) is 4.79 Å². The van der Waals surface area contributed by atoms with Gasteiger partial charge in [0.1, 0.15) is 10.7 Å². The van der Waals surface area contributed by atoms with E-state index in [-0.39, 0.29) is 16.0 Å². The summed E-state index contributed by atoms with van der Waals surface area (Å²) in [6, 6.07) is 18.3. The monoisotopic (exact) mass is 452 g/mol. The molecular formula is C23H17ClN2O4S. The van der Waals surface area contributed by atoms with Crippen molar-refractivity contribution in [3.8, 4) is 17.2 Å². The molecule has 4 rings (SSSR count). The van der Waals surface area contributed by atoms with Gasteiger partial charge in [0.2, 0.25) is 5.89 Å². The molecule has 0 saturated carbocycles. The van der Waals surface area contributed by atoms with Crippen LogP contribution >= 0.6 is 23.4 Å². The molecule has 0 amide bonds. The van der Waals surface area contributed by atoms with Crippen LogP contribution in [0.1, 0.15) is 12.5 Å². The second kappa shape index (κ2) is 9.24. The van der Waals surface area contributed by atoms with Crippen LogP contribution in [0.25, 0.3) is 28.3 Å². The van der Waals surface area contributed by atoms with Crippen molar-refractivity contribution < 1.29 is 19.1 Å². The van der Waals surface area contributed by atoms with Crippen LogP contribution in [0.3, 0.4) is 0 Å². The van der Waals surface area contributed by atoms with Crippen molar-refractivity contribution in [3.63, 3.8) is 0 Å². The molecular weight excluding hydrogens is 436 g/mol. The van der Waals surface area contributed by atoms with Crippen LogP contribution in [0.5, 0.6) is 5.75 Å². The van der Waals surface area contributed by atoms with E-state index in [0.717, 1.165) is 33.8 Å². The summed E-state index contributed by atoms with van der Waals surface area (Å²) in [6.07, 6.45) is 1.59. The van der Waals surface area contributed by atoms with Gasteiger partial charge in [0.05, 0.1) is 6.61 Å². The lowest BCUT2D eigenvalue weighted by molar-refractivity contribution is -0.131. The first kappa shape index (κ1) is 21.0. The van der Waals surface area contributed by atoms with E-state index in [1.165, 1.54) is 0 Å². The highest BCUT2D eigenvalue weighted by Gasteiger charge is 2.17. The fourth-order valence-electron chi connectivity index (χ4n) is 3.03. The average Bonchev–Trinajstić information content (AvgIpc) is 3.24. The van der Waals surface area contributed by atoms with Crippen LogP contribution in [0.15, 0.2) is 75.2 Å². The smallest absolute Gasteiger partial charge is 0.342 e. The predicted molar refractivity (Wildman–Crippen MR) is 121 cm³/mol. The lowest BCUT2D eigenvalue weighted by Gasteiger charge is -2.10. The van der Waals surface area contributed by atoms with Gasteiger partial charge in [-0.1, -0.05) is 41.9 Å². The Hall–Kier alpha value is -3.29. The van der Waals surface area contributed by atoms with Crippen molar-refractivity contribution in [2.45, 2.75) is 12.1 Å². The third-order valence-electron chi connectivity index (χ3n) is 4.41. The number of nitrogens with zero attached hydrogens (tertiary/aromatic N) is 2.